The van der Waals surface area contributed by atoms with E-state index in [0.717, 1.165) is 19.3 Å². The molecular weight excluding hydrogens is 416 g/mol. The third-order valence-corrected chi connectivity index (χ3v) is 7.75. The van der Waals surface area contributed by atoms with Crippen molar-refractivity contribution in [1.82, 2.24) is 0 Å². The highest BCUT2D eigenvalue weighted by Crippen LogP contribution is 2.45. The number of ether oxygens (including phenoxy) is 1. The molecule has 0 bridgehead atoms. The van der Waals surface area contributed by atoms with Crippen LogP contribution in [0.5, 0.6) is 0 Å². The SMILES string of the molecule is CCC(C)(C)C(=O)OC1CC(C)C=C2C=CC(C)C(CCC(O)CC(O)CC(=O)C(C)C)C21. The highest BCUT2D eigenvalue weighted by molar-refractivity contribution is 5.80. The van der Waals surface area contributed by atoms with Crippen LogP contribution in [0, 0.1) is 35.0 Å². The highest BCUT2D eigenvalue weighted by atomic mass is 16.5. The molecule has 0 fully saturated rings. The molecule has 0 aliphatic heterocycles. The minimum Gasteiger partial charge on any atom is -0.461 e. The average molecular weight is 463 g/mol. The van der Waals surface area contributed by atoms with Crippen molar-refractivity contribution in [2.45, 2.75) is 105 Å². The highest BCUT2D eigenvalue weighted by Gasteiger charge is 2.42. The Kier molecular flexibility index (Phi) is 9.93. The van der Waals surface area contributed by atoms with E-state index in [9.17, 15) is 19.8 Å². The fourth-order valence-electron chi connectivity index (χ4n) is 5.03. The van der Waals surface area contributed by atoms with Crippen molar-refractivity contribution in [2.24, 2.45) is 35.0 Å². The second-order valence-electron chi connectivity index (χ2n) is 11.4. The molecule has 0 spiro atoms. The summed E-state index contributed by atoms with van der Waals surface area (Å²) in [6.45, 7) is 13.9. The van der Waals surface area contributed by atoms with Gasteiger partial charge < -0.3 is 14.9 Å². The number of ketones is 1. The molecule has 0 radical (unpaired) electrons. The van der Waals surface area contributed by atoms with Gasteiger partial charge in [-0.05, 0) is 69.3 Å². The second-order valence-corrected chi connectivity index (χ2v) is 11.4. The minimum atomic E-state index is -0.811. The summed E-state index contributed by atoms with van der Waals surface area (Å²) in [7, 11) is 0. The summed E-state index contributed by atoms with van der Waals surface area (Å²) in [6.07, 6.45) is 8.25. The largest absolute Gasteiger partial charge is 0.461 e. The summed E-state index contributed by atoms with van der Waals surface area (Å²) in [5.41, 5.74) is 0.733. The number of fused-ring (bicyclic) bond motifs is 1. The van der Waals surface area contributed by atoms with Gasteiger partial charge in [0.1, 0.15) is 11.9 Å². The Hall–Kier alpha value is -1.46. The first-order valence-corrected chi connectivity index (χ1v) is 12.9. The van der Waals surface area contributed by atoms with Gasteiger partial charge >= 0.3 is 5.97 Å². The van der Waals surface area contributed by atoms with E-state index >= 15 is 0 Å². The first-order chi connectivity index (χ1) is 15.4. The van der Waals surface area contributed by atoms with Gasteiger partial charge in [0, 0.05) is 18.3 Å². The van der Waals surface area contributed by atoms with Crippen LogP contribution >= 0.6 is 0 Å². The van der Waals surface area contributed by atoms with Gasteiger partial charge in [-0.2, -0.15) is 0 Å². The normalized spacial score (nSPS) is 29.3. The number of hydrogen-bond donors (Lipinski definition) is 2. The summed E-state index contributed by atoms with van der Waals surface area (Å²) >= 11 is 0. The first-order valence-electron chi connectivity index (χ1n) is 12.9. The van der Waals surface area contributed by atoms with Crippen LogP contribution < -0.4 is 0 Å². The molecule has 7 atom stereocenters. The molecule has 5 heteroatoms. The van der Waals surface area contributed by atoms with Gasteiger partial charge in [0.2, 0.25) is 0 Å². The Morgan fingerprint density at radius 1 is 1.18 bits per heavy atom. The zero-order chi connectivity index (χ0) is 24.9. The van der Waals surface area contributed by atoms with Crippen LogP contribution in [0.15, 0.2) is 23.8 Å². The lowest BCUT2D eigenvalue weighted by atomic mass is 9.65. The molecule has 0 amide bonds. The molecule has 2 aliphatic rings. The molecule has 0 heterocycles. The van der Waals surface area contributed by atoms with Gasteiger partial charge in [0.15, 0.2) is 0 Å². The summed E-state index contributed by atoms with van der Waals surface area (Å²) < 4.78 is 6.15. The van der Waals surface area contributed by atoms with Crippen molar-refractivity contribution >= 4 is 11.8 Å². The second kappa shape index (κ2) is 11.8. The number of hydrogen-bond acceptors (Lipinski definition) is 5. The maximum absolute atomic E-state index is 12.9. The third kappa shape index (κ3) is 7.51. The van der Waals surface area contributed by atoms with Crippen LogP contribution in [0.3, 0.4) is 0 Å². The summed E-state index contributed by atoms with van der Waals surface area (Å²) in [6, 6.07) is 0. The lowest BCUT2D eigenvalue weighted by molar-refractivity contribution is -0.164. The van der Waals surface area contributed by atoms with E-state index in [1.54, 1.807) is 0 Å². The van der Waals surface area contributed by atoms with E-state index < -0.39 is 17.6 Å². The summed E-state index contributed by atoms with van der Waals surface area (Å²) in [4.78, 5) is 24.8. The number of aliphatic hydroxyl groups is 2. The van der Waals surface area contributed by atoms with Crippen molar-refractivity contribution in [1.29, 1.82) is 0 Å². The smallest absolute Gasteiger partial charge is 0.311 e. The first kappa shape index (κ1) is 27.8. The Bertz CT molecular complexity index is 735. The van der Waals surface area contributed by atoms with Crippen LogP contribution in [0.25, 0.3) is 0 Å². The summed E-state index contributed by atoms with van der Waals surface area (Å²) in [5, 5.41) is 20.8. The molecule has 0 aromatic rings. The Morgan fingerprint density at radius 3 is 2.45 bits per heavy atom. The quantitative estimate of drug-likeness (QED) is 0.410. The van der Waals surface area contributed by atoms with Gasteiger partial charge in [0.05, 0.1) is 17.6 Å². The lowest BCUT2D eigenvalue weighted by Crippen LogP contribution is -2.43. The van der Waals surface area contributed by atoms with Crippen LogP contribution in [0.1, 0.15) is 87.0 Å². The predicted molar refractivity (Wildman–Crippen MR) is 131 cm³/mol. The fourth-order valence-corrected chi connectivity index (χ4v) is 5.03. The monoisotopic (exact) mass is 462 g/mol. The number of rotatable bonds is 11. The number of Topliss-reactive ketones (excluding diaryl/α,β-unsaturated/α-hetero) is 1. The van der Waals surface area contributed by atoms with E-state index in [1.165, 1.54) is 5.57 Å². The maximum Gasteiger partial charge on any atom is 0.311 e. The van der Waals surface area contributed by atoms with Crippen molar-refractivity contribution in [3.05, 3.63) is 23.8 Å². The number of aliphatic hydroxyl groups excluding tert-OH is 2. The van der Waals surface area contributed by atoms with Crippen molar-refractivity contribution in [3.8, 4) is 0 Å². The van der Waals surface area contributed by atoms with Gasteiger partial charge in [-0.3, -0.25) is 9.59 Å². The molecule has 0 saturated carbocycles. The maximum atomic E-state index is 12.9. The standard InChI is InChI=1S/C28H46O5/c1-8-28(6,7)27(32)33-25-14-18(4)13-20-10-9-19(5)23(26(20)25)12-11-21(29)15-22(30)16-24(31)17(2)3/h9-10,13,17-19,21-23,25-26,29-30H,8,11-12,14-16H2,1-7H3. The van der Waals surface area contributed by atoms with Crippen molar-refractivity contribution in [2.75, 3.05) is 0 Å². The van der Waals surface area contributed by atoms with Crippen LogP contribution in [0.4, 0.5) is 0 Å². The molecule has 0 aromatic heterocycles. The van der Waals surface area contributed by atoms with Crippen LogP contribution in [-0.2, 0) is 14.3 Å². The molecule has 2 rings (SSSR count). The molecule has 7 unspecified atom stereocenters. The molecule has 2 N–H and O–H groups in total. The molecular formula is C28H46O5. The zero-order valence-corrected chi connectivity index (χ0v) is 21.7. The van der Waals surface area contributed by atoms with E-state index in [-0.39, 0.29) is 48.5 Å². The average Bonchev–Trinajstić information content (AvgIpc) is 2.72. The fraction of sp³-hybridized carbons (Fsp3) is 0.786. The van der Waals surface area contributed by atoms with Gasteiger partial charge in [0.25, 0.3) is 0 Å². The van der Waals surface area contributed by atoms with E-state index in [1.807, 2.05) is 34.6 Å². The minimum absolute atomic E-state index is 0.0199. The predicted octanol–water partition coefficient (Wildman–Crippen LogP) is 5.25. The Balaban J connectivity index is 2.08. The van der Waals surface area contributed by atoms with Crippen molar-refractivity contribution < 1.29 is 24.5 Å². The Morgan fingerprint density at radius 2 is 1.85 bits per heavy atom. The molecule has 33 heavy (non-hydrogen) atoms. The summed E-state index contributed by atoms with van der Waals surface area (Å²) in [5.74, 6) is 0.798. The van der Waals surface area contributed by atoms with E-state index in [0.29, 0.717) is 18.3 Å². The molecule has 2 aliphatic carbocycles. The lowest BCUT2D eigenvalue weighted by Gasteiger charge is -2.44. The number of allylic oxidation sites excluding steroid dienone is 3. The topological polar surface area (TPSA) is 83.8 Å². The van der Waals surface area contributed by atoms with E-state index in [2.05, 4.69) is 32.1 Å². The molecule has 188 valence electrons. The van der Waals surface area contributed by atoms with Gasteiger partial charge in [-0.25, -0.2) is 0 Å². The number of esters is 1. The zero-order valence-electron chi connectivity index (χ0n) is 21.7. The molecule has 5 nitrogen and oxygen atoms in total. The molecule has 0 saturated heterocycles. The number of carbonyl (C=O) groups is 2. The van der Waals surface area contributed by atoms with Crippen molar-refractivity contribution in [3.63, 3.8) is 0 Å². The van der Waals surface area contributed by atoms with Crippen LogP contribution in [-0.4, -0.2) is 40.3 Å². The van der Waals surface area contributed by atoms with Gasteiger partial charge in [-0.15, -0.1) is 0 Å². The van der Waals surface area contributed by atoms with E-state index in [4.69, 9.17) is 4.74 Å². The Labute approximate surface area is 200 Å². The van der Waals surface area contributed by atoms with Gasteiger partial charge in [-0.1, -0.05) is 52.8 Å². The number of carbonyl (C=O) groups excluding carboxylic acids is 2. The van der Waals surface area contributed by atoms with Crippen LogP contribution in [0.2, 0.25) is 0 Å². The molecule has 0 aromatic carbocycles. The third-order valence-electron chi connectivity index (χ3n) is 7.75.